The Labute approximate surface area is 101 Å². The van der Waals surface area contributed by atoms with E-state index in [1.54, 1.807) is 13.8 Å². The van der Waals surface area contributed by atoms with Crippen molar-refractivity contribution in [3.8, 4) is 0 Å². The number of nitrogens with one attached hydrogen (secondary N) is 1. The molecule has 0 aromatic carbocycles. The van der Waals surface area contributed by atoms with Crippen molar-refractivity contribution in [3.05, 3.63) is 0 Å². The first-order chi connectivity index (χ1) is 7.97. The van der Waals surface area contributed by atoms with Crippen LogP contribution in [-0.4, -0.2) is 48.9 Å². The molecule has 0 aliphatic rings. The number of carbonyl (C=O) groups is 2. The first-order valence-corrected chi connectivity index (χ1v) is 5.68. The summed E-state index contributed by atoms with van der Waals surface area (Å²) >= 11 is 0. The summed E-state index contributed by atoms with van der Waals surface area (Å²) in [5.74, 6) is -1.25. The third-order valence-electron chi connectivity index (χ3n) is 2.04. The van der Waals surface area contributed by atoms with E-state index in [1.165, 1.54) is 0 Å². The largest absolute Gasteiger partial charge is 0.481 e. The van der Waals surface area contributed by atoms with Crippen LogP contribution in [0.15, 0.2) is 0 Å². The summed E-state index contributed by atoms with van der Waals surface area (Å²) in [6.45, 7) is 6.53. The zero-order chi connectivity index (χ0) is 13.3. The van der Waals surface area contributed by atoms with Crippen molar-refractivity contribution in [3.63, 3.8) is 0 Å². The molecule has 0 heterocycles. The standard InChI is InChI=1S/C11H21NO5/c1-4-16-5-6-17-9(3)11(15)12-8(2)7-10(13)14/h8-9H,4-7H2,1-3H3,(H,12,15)(H,13,14). The van der Waals surface area contributed by atoms with Gasteiger partial charge in [-0.05, 0) is 20.8 Å². The molecule has 0 aromatic rings. The fraction of sp³-hybridized carbons (Fsp3) is 0.818. The van der Waals surface area contributed by atoms with E-state index in [-0.39, 0.29) is 12.3 Å². The lowest BCUT2D eigenvalue weighted by atomic mass is 10.2. The Kier molecular flexibility index (Phi) is 8.35. The quantitative estimate of drug-likeness (QED) is 0.576. The van der Waals surface area contributed by atoms with Crippen molar-refractivity contribution in [2.24, 2.45) is 0 Å². The number of carbonyl (C=O) groups excluding carboxylic acids is 1. The molecule has 1 amide bonds. The van der Waals surface area contributed by atoms with Crippen LogP contribution in [0.3, 0.4) is 0 Å². The van der Waals surface area contributed by atoms with Crippen LogP contribution < -0.4 is 5.32 Å². The molecule has 0 saturated heterocycles. The Balaban J connectivity index is 3.76. The van der Waals surface area contributed by atoms with Gasteiger partial charge in [0.2, 0.25) is 5.91 Å². The highest BCUT2D eigenvalue weighted by Crippen LogP contribution is 1.95. The monoisotopic (exact) mass is 247 g/mol. The van der Waals surface area contributed by atoms with Crippen LogP contribution in [0.5, 0.6) is 0 Å². The maximum absolute atomic E-state index is 11.5. The van der Waals surface area contributed by atoms with E-state index < -0.39 is 18.1 Å². The van der Waals surface area contributed by atoms with Crippen molar-refractivity contribution in [1.82, 2.24) is 5.32 Å². The van der Waals surface area contributed by atoms with Gasteiger partial charge in [-0.3, -0.25) is 9.59 Å². The molecular weight excluding hydrogens is 226 g/mol. The third-order valence-corrected chi connectivity index (χ3v) is 2.04. The summed E-state index contributed by atoms with van der Waals surface area (Å²) in [7, 11) is 0. The number of hydrogen-bond acceptors (Lipinski definition) is 4. The molecule has 0 bridgehead atoms. The second-order valence-electron chi connectivity index (χ2n) is 3.72. The fourth-order valence-corrected chi connectivity index (χ4v) is 1.18. The van der Waals surface area contributed by atoms with Crippen LogP contribution in [0.1, 0.15) is 27.2 Å². The number of rotatable bonds is 9. The van der Waals surface area contributed by atoms with Crippen LogP contribution in [0, 0.1) is 0 Å². The molecule has 0 rings (SSSR count). The Bertz CT molecular complexity index is 244. The van der Waals surface area contributed by atoms with Gasteiger partial charge in [0.05, 0.1) is 19.6 Å². The molecule has 100 valence electrons. The molecule has 0 saturated carbocycles. The first kappa shape index (κ1) is 15.9. The molecule has 0 spiro atoms. The molecule has 6 heteroatoms. The second-order valence-corrected chi connectivity index (χ2v) is 3.72. The maximum Gasteiger partial charge on any atom is 0.305 e. The maximum atomic E-state index is 11.5. The predicted octanol–water partition coefficient (Wildman–Crippen LogP) is 0.407. The van der Waals surface area contributed by atoms with E-state index in [4.69, 9.17) is 14.6 Å². The van der Waals surface area contributed by atoms with Gasteiger partial charge in [-0.2, -0.15) is 0 Å². The first-order valence-electron chi connectivity index (χ1n) is 5.68. The molecule has 0 radical (unpaired) electrons. The Morgan fingerprint density at radius 1 is 1.29 bits per heavy atom. The lowest BCUT2D eigenvalue weighted by molar-refractivity contribution is -0.138. The van der Waals surface area contributed by atoms with Gasteiger partial charge < -0.3 is 19.9 Å². The number of aliphatic carboxylic acids is 1. The van der Waals surface area contributed by atoms with Gasteiger partial charge in [-0.15, -0.1) is 0 Å². The van der Waals surface area contributed by atoms with Crippen molar-refractivity contribution < 1.29 is 24.2 Å². The molecule has 2 unspecified atom stereocenters. The van der Waals surface area contributed by atoms with Gasteiger partial charge in [0.1, 0.15) is 6.10 Å². The summed E-state index contributed by atoms with van der Waals surface area (Å²) in [5, 5.41) is 11.1. The average Bonchev–Trinajstić information content (AvgIpc) is 2.22. The molecule has 6 nitrogen and oxygen atoms in total. The highest BCUT2D eigenvalue weighted by molar-refractivity contribution is 5.81. The fourth-order valence-electron chi connectivity index (χ4n) is 1.18. The molecule has 0 aromatic heterocycles. The second kappa shape index (κ2) is 8.95. The molecule has 2 N–H and O–H groups in total. The van der Waals surface area contributed by atoms with E-state index in [0.717, 1.165) is 0 Å². The van der Waals surface area contributed by atoms with Crippen LogP contribution >= 0.6 is 0 Å². The van der Waals surface area contributed by atoms with E-state index in [0.29, 0.717) is 19.8 Å². The van der Waals surface area contributed by atoms with Gasteiger partial charge in [-0.25, -0.2) is 0 Å². The molecule has 0 fully saturated rings. The van der Waals surface area contributed by atoms with Crippen molar-refractivity contribution in [2.45, 2.75) is 39.3 Å². The van der Waals surface area contributed by atoms with Gasteiger partial charge in [0.25, 0.3) is 0 Å². The van der Waals surface area contributed by atoms with E-state index in [1.807, 2.05) is 6.92 Å². The zero-order valence-corrected chi connectivity index (χ0v) is 10.6. The number of amides is 1. The van der Waals surface area contributed by atoms with Crippen molar-refractivity contribution in [2.75, 3.05) is 19.8 Å². The SMILES string of the molecule is CCOCCOC(C)C(=O)NC(C)CC(=O)O. The zero-order valence-electron chi connectivity index (χ0n) is 10.6. The predicted molar refractivity (Wildman–Crippen MR) is 61.8 cm³/mol. The Hall–Kier alpha value is -1.14. The number of carboxylic acid groups (broad SMARTS) is 1. The van der Waals surface area contributed by atoms with Crippen LogP contribution in [0.25, 0.3) is 0 Å². The van der Waals surface area contributed by atoms with Gasteiger partial charge >= 0.3 is 5.97 Å². The lowest BCUT2D eigenvalue weighted by Gasteiger charge is -2.16. The van der Waals surface area contributed by atoms with Gasteiger partial charge in [0, 0.05) is 12.6 Å². The smallest absolute Gasteiger partial charge is 0.305 e. The summed E-state index contributed by atoms with van der Waals surface area (Å²) in [6.07, 6.45) is -0.705. The Morgan fingerprint density at radius 3 is 2.47 bits per heavy atom. The van der Waals surface area contributed by atoms with Crippen molar-refractivity contribution >= 4 is 11.9 Å². The van der Waals surface area contributed by atoms with Gasteiger partial charge in [0.15, 0.2) is 0 Å². The molecule has 0 aliphatic heterocycles. The molecule has 17 heavy (non-hydrogen) atoms. The normalized spacial score (nSPS) is 14.1. The van der Waals surface area contributed by atoms with E-state index >= 15 is 0 Å². The van der Waals surface area contributed by atoms with Crippen LogP contribution in [0.4, 0.5) is 0 Å². The molecule has 2 atom stereocenters. The molecular formula is C11H21NO5. The number of ether oxygens (including phenoxy) is 2. The van der Waals surface area contributed by atoms with Gasteiger partial charge in [-0.1, -0.05) is 0 Å². The lowest BCUT2D eigenvalue weighted by Crippen LogP contribution is -2.41. The minimum absolute atomic E-state index is 0.0998. The summed E-state index contributed by atoms with van der Waals surface area (Å²) in [6, 6.07) is -0.405. The summed E-state index contributed by atoms with van der Waals surface area (Å²) in [5.41, 5.74) is 0. The minimum atomic E-state index is -0.942. The van der Waals surface area contributed by atoms with Crippen molar-refractivity contribution in [1.29, 1.82) is 0 Å². The molecule has 0 aliphatic carbocycles. The topological polar surface area (TPSA) is 84.9 Å². The average molecular weight is 247 g/mol. The van der Waals surface area contributed by atoms with Crippen LogP contribution in [-0.2, 0) is 19.1 Å². The summed E-state index contributed by atoms with van der Waals surface area (Å²) < 4.78 is 10.3. The van der Waals surface area contributed by atoms with E-state index in [9.17, 15) is 9.59 Å². The number of carboxylic acids is 1. The van der Waals surface area contributed by atoms with Crippen LogP contribution in [0.2, 0.25) is 0 Å². The summed E-state index contributed by atoms with van der Waals surface area (Å²) in [4.78, 5) is 21.9. The highest BCUT2D eigenvalue weighted by Gasteiger charge is 2.16. The van der Waals surface area contributed by atoms with E-state index in [2.05, 4.69) is 5.32 Å². The number of hydrogen-bond donors (Lipinski definition) is 2. The highest BCUT2D eigenvalue weighted by atomic mass is 16.5. The third kappa shape index (κ3) is 8.65. The Morgan fingerprint density at radius 2 is 1.94 bits per heavy atom. The minimum Gasteiger partial charge on any atom is -0.481 e.